The van der Waals surface area contributed by atoms with Gasteiger partial charge in [-0.1, -0.05) is 25.8 Å². The molecule has 0 aliphatic rings. The maximum absolute atomic E-state index is 11.0. The van der Waals surface area contributed by atoms with Gasteiger partial charge in [-0.05, 0) is 12.8 Å². The molecule has 0 aliphatic heterocycles. The van der Waals surface area contributed by atoms with E-state index < -0.39 is 10.0 Å². The Morgan fingerprint density at radius 2 is 1.91 bits per heavy atom. The molecular formula is C6H15NO2S2. The molecule has 0 fully saturated rings. The molecule has 0 amide bonds. The molecule has 0 saturated heterocycles. The van der Waals surface area contributed by atoms with Gasteiger partial charge in [0.05, 0.1) is 5.75 Å². The molecule has 1 N–H and O–H groups in total. The summed E-state index contributed by atoms with van der Waals surface area (Å²) in [6.07, 6.45) is 1.65. The third kappa shape index (κ3) is 6.65. The maximum Gasteiger partial charge on any atom is 0.220 e. The first-order chi connectivity index (χ1) is 5.12. The molecule has 0 aliphatic carbocycles. The van der Waals surface area contributed by atoms with E-state index in [1.165, 1.54) is 11.9 Å². The predicted octanol–water partition coefficient (Wildman–Crippen LogP) is 1.37. The lowest BCUT2D eigenvalue weighted by Gasteiger charge is -2.02. The molecule has 0 heterocycles. The van der Waals surface area contributed by atoms with Crippen molar-refractivity contribution in [2.75, 3.05) is 11.5 Å². The number of sulfonamides is 1. The zero-order valence-corrected chi connectivity index (χ0v) is 8.59. The van der Waals surface area contributed by atoms with Gasteiger partial charge in [0, 0.05) is 5.75 Å². The first-order valence-corrected chi connectivity index (χ1v) is 6.37. The van der Waals surface area contributed by atoms with Gasteiger partial charge in [-0.2, -0.15) is 4.13 Å². The molecule has 3 nitrogen and oxygen atoms in total. The highest BCUT2D eigenvalue weighted by atomic mass is 32.3. The molecule has 0 radical (unpaired) electrons. The van der Waals surface area contributed by atoms with E-state index in [0.29, 0.717) is 6.42 Å². The molecule has 5 heteroatoms. The molecule has 0 spiro atoms. The van der Waals surface area contributed by atoms with Crippen LogP contribution in [0.15, 0.2) is 0 Å². The Morgan fingerprint density at radius 3 is 2.36 bits per heavy atom. The SMILES string of the molecule is CCCSNS(=O)(=O)CCC. The maximum atomic E-state index is 11.0. The standard InChI is InChI=1S/C6H15NO2S2/c1-3-5-10-7-11(8,9)6-4-2/h7H,3-6H2,1-2H3. The number of rotatable bonds is 6. The van der Waals surface area contributed by atoms with Crippen LogP contribution in [0.4, 0.5) is 0 Å². The summed E-state index contributed by atoms with van der Waals surface area (Å²) in [6, 6.07) is 0. The highest BCUT2D eigenvalue weighted by molar-refractivity contribution is 8.09. The summed E-state index contributed by atoms with van der Waals surface area (Å²) < 4.78 is 24.4. The molecule has 11 heavy (non-hydrogen) atoms. The van der Waals surface area contributed by atoms with Crippen molar-refractivity contribution in [3.05, 3.63) is 0 Å². The lowest BCUT2D eigenvalue weighted by molar-refractivity contribution is 0.593. The van der Waals surface area contributed by atoms with Crippen molar-refractivity contribution < 1.29 is 8.42 Å². The van der Waals surface area contributed by atoms with Gasteiger partial charge in [-0.3, -0.25) is 0 Å². The third-order valence-electron chi connectivity index (χ3n) is 0.965. The van der Waals surface area contributed by atoms with Crippen molar-refractivity contribution in [1.82, 2.24) is 4.13 Å². The monoisotopic (exact) mass is 197 g/mol. The van der Waals surface area contributed by atoms with Crippen LogP contribution in [-0.4, -0.2) is 19.9 Å². The van der Waals surface area contributed by atoms with Crippen molar-refractivity contribution in [3.8, 4) is 0 Å². The Hall–Kier alpha value is 0.260. The molecule has 0 unspecified atom stereocenters. The summed E-state index contributed by atoms with van der Waals surface area (Å²) in [5.41, 5.74) is 0. The second kappa shape index (κ2) is 5.85. The molecule has 0 aromatic carbocycles. The van der Waals surface area contributed by atoms with Crippen LogP contribution >= 0.6 is 11.9 Å². The van der Waals surface area contributed by atoms with Gasteiger partial charge in [0.1, 0.15) is 0 Å². The summed E-state index contributed by atoms with van der Waals surface area (Å²) >= 11 is 1.26. The average molecular weight is 197 g/mol. The van der Waals surface area contributed by atoms with E-state index in [0.717, 1.165) is 12.2 Å². The Kier molecular flexibility index (Phi) is 5.99. The highest BCUT2D eigenvalue weighted by Crippen LogP contribution is 2.00. The van der Waals surface area contributed by atoms with Crippen LogP contribution in [0, 0.1) is 0 Å². The van der Waals surface area contributed by atoms with Crippen molar-refractivity contribution in [1.29, 1.82) is 0 Å². The Bertz CT molecular complexity index is 177. The minimum atomic E-state index is -2.99. The van der Waals surface area contributed by atoms with Gasteiger partial charge in [-0.25, -0.2) is 8.42 Å². The number of hydrogen-bond donors (Lipinski definition) is 1. The van der Waals surface area contributed by atoms with Gasteiger partial charge in [0.2, 0.25) is 10.0 Å². The van der Waals surface area contributed by atoms with Crippen molar-refractivity contribution in [2.45, 2.75) is 26.7 Å². The number of hydrogen-bond acceptors (Lipinski definition) is 3. The van der Waals surface area contributed by atoms with Crippen LogP contribution in [0.2, 0.25) is 0 Å². The fourth-order valence-electron chi connectivity index (χ4n) is 0.544. The van der Waals surface area contributed by atoms with Crippen LogP contribution in [0.5, 0.6) is 0 Å². The van der Waals surface area contributed by atoms with Gasteiger partial charge < -0.3 is 0 Å². The fourth-order valence-corrected chi connectivity index (χ4v) is 2.67. The zero-order chi connectivity index (χ0) is 8.74. The summed E-state index contributed by atoms with van der Waals surface area (Å²) in [4.78, 5) is 0. The van der Waals surface area contributed by atoms with Crippen LogP contribution in [0.3, 0.4) is 0 Å². The minimum Gasteiger partial charge on any atom is -0.212 e. The summed E-state index contributed by atoms with van der Waals surface area (Å²) in [5.74, 6) is 1.06. The van der Waals surface area contributed by atoms with Gasteiger partial charge in [0.15, 0.2) is 0 Å². The smallest absolute Gasteiger partial charge is 0.212 e. The van der Waals surface area contributed by atoms with E-state index in [1.54, 1.807) is 0 Å². The average Bonchev–Trinajstić information content (AvgIpc) is 1.87. The van der Waals surface area contributed by atoms with Crippen molar-refractivity contribution in [2.24, 2.45) is 0 Å². The topological polar surface area (TPSA) is 46.2 Å². The van der Waals surface area contributed by atoms with E-state index in [9.17, 15) is 8.42 Å². The van der Waals surface area contributed by atoms with Gasteiger partial charge >= 0.3 is 0 Å². The van der Waals surface area contributed by atoms with Crippen LogP contribution in [-0.2, 0) is 10.0 Å². The van der Waals surface area contributed by atoms with Crippen molar-refractivity contribution >= 4 is 22.0 Å². The molecule has 0 aromatic rings. The molecule has 0 bridgehead atoms. The minimum absolute atomic E-state index is 0.226. The molecule has 0 atom stereocenters. The van der Waals surface area contributed by atoms with Crippen molar-refractivity contribution in [3.63, 3.8) is 0 Å². The lowest BCUT2D eigenvalue weighted by atomic mass is 10.6. The fraction of sp³-hybridized carbons (Fsp3) is 1.00. The normalized spacial score (nSPS) is 11.8. The van der Waals surface area contributed by atoms with E-state index in [2.05, 4.69) is 4.13 Å². The van der Waals surface area contributed by atoms with E-state index in [4.69, 9.17) is 0 Å². The molecular weight excluding hydrogens is 182 g/mol. The Balaban J connectivity index is 3.56. The van der Waals surface area contributed by atoms with Crippen LogP contribution in [0.25, 0.3) is 0 Å². The molecule has 68 valence electrons. The third-order valence-corrected chi connectivity index (χ3v) is 4.01. The first kappa shape index (κ1) is 11.3. The quantitative estimate of drug-likeness (QED) is 0.517. The van der Waals surface area contributed by atoms with Crippen LogP contribution in [0.1, 0.15) is 26.7 Å². The van der Waals surface area contributed by atoms with E-state index in [-0.39, 0.29) is 5.75 Å². The molecule has 0 rings (SSSR count). The largest absolute Gasteiger partial charge is 0.220 e. The van der Waals surface area contributed by atoms with Gasteiger partial charge in [-0.15, -0.1) is 0 Å². The Labute approximate surface area is 73.1 Å². The summed E-state index contributed by atoms with van der Waals surface area (Å²) in [6.45, 7) is 3.87. The zero-order valence-electron chi connectivity index (χ0n) is 6.96. The summed E-state index contributed by atoms with van der Waals surface area (Å²) in [5, 5.41) is 0. The Morgan fingerprint density at radius 1 is 1.27 bits per heavy atom. The second-order valence-corrected chi connectivity index (χ2v) is 5.25. The summed E-state index contributed by atoms with van der Waals surface area (Å²) in [7, 11) is -2.99. The lowest BCUT2D eigenvalue weighted by Crippen LogP contribution is -2.19. The highest BCUT2D eigenvalue weighted by Gasteiger charge is 2.06. The van der Waals surface area contributed by atoms with E-state index >= 15 is 0 Å². The second-order valence-electron chi connectivity index (χ2n) is 2.25. The molecule has 0 aromatic heterocycles. The van der Waals surface area contributed by atoms with Crippen LogP contribution < -0.4 is 4.13 Å². The molecule has 0 saturated carbocycles. The first-order valence-electron chi connectivity index (χ1n) is 3.73. The predicted molar refractivity (Wildman–Crippen MR) is 50.0 cm³/mol. The van der Waals surface area contributed by atoms with Gasteiger partial charge in [0.25, 0.3) is 0 Å². The number of nitrogens with one attached hydrogen (secondary N) is 1. The van der Waals surface area contributed by atoms with E-state index in [1.807, 2.05) is 13.8 Å².